The van der Waals surface area contributed by atoms with Crippen LogP contribution in [0.2, 0.25) is 0 Å². The molecule has 2 heterocycles. The van der Waals surface area contributed by atoms with E-state index in [4.69, 9.17) is 4.74 Å². The molecule has 0 fully saturated rings. The fourth-order valence-corrected chi connectivity index (χ4v) is 5.48. The van der Waals surface area contributed by atoms with Crippen molar-refractivity contribution in [2.75, 3.05) is 12.4 Å². The summed E-state index contributed by atoms with van der Waals surface area (Å²) in [4.78, 5) is 26.5. The zero-order valence-electron chi connectivity index (χ0n) is 16.0. The van der Waals surface area contributed by atoms with E-state index in [-0.39, 0.29) is 12.0 Å². The lowest BCUT2D eigenvalue weighted by Gasteiger charge is -2.29. The summed E-state index contributed by atoms with van der Waals surface area (Å²) in [7, 11) is 0. The number of pyridine rings is 1. The number of alkyl halides is 3. The van der Waals surface area contributed by atoms with Gasteiger partial charge in [0, 0.05) is 20.5 Å². The summed E-state index contributed by atoms with van der Waals surface area (Å²) in [6.07, 6.45) is -4.47. The molecule has 1 aliphatic heterocycles. The molecular weight excluding hydrogens is 499 g/mol. The van der Waals surface area contributed by atoms with E-state index in [1.165, 1.54) is 28.5 Å². The molecule has 5 nitrogen and oxygen atoms in total. The molecule has 1 aliphatic rings. The molecule has 1 unspecified atom stereocenters. The number of halogens is 4. The van der Waals surface area contributed by atoms with E-state index in [0.717, 1.165) is 12.1 Å². The quantitative estimate of drug-likeness (QED) is 0.477. The molecule has 0 aliphatic carbocycles. The topological polar surface area (TPSA) is 68.5 Å². The first-order valence-corrected chi connectivity index (χ1v) is 11.0. The summed E-state index contributed by atoms with van der Waals surface area (Å²) >= 11 is 4.78. The molecule has 0 spiro atoms. The van der Waals surface area contributed by atoms with Gasteiger partial charge in [-0.25, -0.2) is 4.79 Å². The summed E-state index contributed by atoms with van der Waals surface area (Å²) < 4.78 is 45.8. The fourth-order valence-electron chi connectivity index (χ4n) is 3.64. The van der Waals surface area contributed by atoms with Crippen LogP contribution in [0.15, 0.2) is 50.6 Å². The summed E-state index contributed by atoms with van der Waals surface area (Å²) in [5.74, 6) is -1.08. The van der Waals surface area contributed by atoms with Crippen LogP contribution in [0.4, 0.5) is 13.2 Å². The maximum Gasteiger partial charge on any atom is 0.416 e. The van der Waals surface area contributed by atoms with Gasteiger partial charge in [0.2, 0.25) is 0 Å². The Morgan fingerprint density at radius 1 is 1.29 bits per heavy atom. The smallest absolute Gasteiger partial charge is 0.416 e. The Morgan fingerprint density at radius 3 is 2.58 bits per heavy atom. The van der Waals surface area contributed by atoms with Crippen LogP contribution >= 0.6 is 27.7 Å². The van der Waals surface area contributed by atoms with Crippen LogP contribution in [-0.4, -0.2) is 28.0 Å². The fraction of sp³-hybridized carbons (Fsp3) is 0.238. The second-order valence-corrected chi connectivity index (χ2v) is 8.84. The van der Waals surface area contributed by atoms with Crippen LogP contribution in [0, 0.1) is 0 Å². The highest BCUT2D eigenvalue weighted by molar-refractivity contribution is 9.10. The number of benzene rings is 2. The number of hydrogen-bond acceptors (Lipinski definition) is 5. The van der Waals surface area contributed by atoms with E-state index in [1.54, 1.807) is 19.1 Å². The SMILES string of the molecule is CCOC(=O)c1c(O)c2cc(Br)cc3c2n(c1=O)C(c1ccc(C(F)(F)F)cc1)CS3. The van der Waals surface area contributed by atoms with E-state index >= 15 is 0 Å². The van der Waals surface area contributed by atoms with E-state index in [2.05, 4.69) is 15.9 Å². The first-order valence-electron chi connectivity index (χ1n) is 9.21. The highest BCUT2D eigenvalue weighted by Crippen LogP contribution is 2.43. The number of hydrogen-bond donors (Lipinski definition) is 1. The molecule has 0 bridgehead atoms. The van der Waals surface area contributed by atoms with Gasteiger partial charge in [0.25, 0.3) is 5.56 Å². The Balaban J connectivity index is 1.99. The van der Waals surface area contributed by atoms with Crippen LogP contribution in [0.1, 0.15) is 34.5 Å². The highest BCUT2D eigenvalue weighted by atomic mass is 79.9. The third kappa shape index (κ3) is 3.71. The molecule has 31 heavy (non-hydrogen) atoms. The van der Waals surface area contributed by atoms with Crippen LogP contribution in [-0.2, 0) is 10.9 Å². The lowest BCUT2D eigenvalue weighted by atomic mass is 10.0. The Morgan fingerprint density at radius 2 is 1.97 bits per heavy atom. The van der Waals surface area contributed by atoms with E-state index in [1.807, 2.05) is 0 Å². The third-order valence-electron chi connectivity index (χ3n) is 5.02. The van der Waals surface area contributed by atoms with Gasteiger partial charge in [-0.15, -0.1) is 11.8 Å². The van der Waals surface area contributed by atoms with Gasteiger partial charge < -0.3 is 9.84 Å². The molecule has 2 aromatic carbocycles. The maximum atomic E-state index is 13.3. The molecule has 0 saturated carbocycles. The van der Waals surface area contributed by atoms with Crippen molar-refractivity contribution in [2.24, 2.45) is 0 Å². The molecule has 0 saturated heterocycles. The molecule has 0 amide bonds. The summed E-state index contributed by atoms with van der Waals surface area (Å²) in [5, 5.41) is 11.0. The van der Waals surface area contributed by atoms with Gasteiger partial charge >= 0.3 is 12.1 Å². The Labute approximate surface area is 187 Å². The zero-order valence-corrected chi connectivity index (χ0v) is 18.4. The Kier molecular flexibility index (Phi) is 5.55. The van der Waals surface area contributed by atoms with Crippen molar-refractivity contribution in [3.05, 3.63) is 67.9 Å². The van der Waals surface area contributed by atoms with E-state index in [0.29, 0.717) is 26.2 Å². The minimum atomic E-state index is -4.47. The Bertz CT molecular complexity index is 1250. The summed E-state index contributed by atoms with van der Waals surface area (Å²) in [5.41, 5.74) is -1.14. The monoisotopic (exact) mass is 513 g/mol. The van der Waals surface area contributed by atoms with Gasteiger partial charge in [-0.2, -0.15) is 13.2 Å². The number of nitrogens with zero attached hydrogens (tertiary/aromatic N) is 1. The van der Waals surface area contributed by atoms with Crippen molar-refractivity contribution in [1.29, 1.82) is 0 Å². The maximum absolute atomic E-state index is 13.3. The van der Waals surface area contributed by atoms with Crippen molar-refractivity contribution in [2.45, 2.75) is 24.0 Å². The number of carbonyl (C=O) groups is 1. The van der Waals surface area contributed by atoms with Crippen molar-refractivity contribution in [3.63, 3.8) is 0 Å². The average molecular weight is 514 g/mol. The number of ether oxygens (including phenoxy) is 1. The number of aromatic nitrogens is 1. The summed E-state index contributed by atoms with van der Waals surface area (Å²) in [6.45, 7) is 1.59. The van der Waals surface area contributed by atoms with Gasteiger partial charge in [0.1, 0.15) is 5.75 Å². The molecular formula is C21H15BrF3NO4S. The molecule has 10 heteroatoms. The number of esters is 1. The van der Waals surface area contributed by atoms with Gasteiger partial charge in [0.05, 0.1) is 23.7 Å². The van der Waals surface area contributed by atoms with Gasteiger partial charge in [0.15, 0.2) is 5.56 Å². The molecule has 1 aromatic heterocycles. The Hall–Kier alpha value is -2.46. The predicted molar refractivity (Wildman–Crippen MR) is 114 cm³/mol. The van der Waals surface area contributed by atoms with E-state index in [9.17, 15) is 27.9 Å². The minimum Gasteiger partial charge on any atom is -0.506 e. The normalized spacial score (nSPS) is 15.8. The molecule has 1 atom stereocenters. The minimum absolute atomic E-state index is 0.0116. The third-order valence-corrected chi connectivity index (χ3v) is 6.58. The van der Waals surface area contributed by atoms with Gasteiger partial charge in [-0.3, -0.25) is 9.36 Å². The highest BCUT2D eigenvalue weighted by Gasteiger charge is 2.33. The second-order valence-electron chi connectivity index (χ2n) is 6.87. The van der Waals surface area contributed by atoms with Crippen molar-refractivity contribution in [1.82, 2.24) is 4.57 Å². The predicted octanol–water partition coefficient (Wildman–Crippen LogP) is 5.36. The zero-order chi connectivity index (χ0) is 22.5. The molecule has 0 radical (unpaired) electrons. The number of rotatable bonds is 3. The van der Waals surface area contributed by atoms with E-state index < -0.39 is 40.6 Å². The molecule has 1 N–H and O–H groups in total. The van der Waals surface area contributed by atoms with Crippen molar-refractivity contribution < 1.29 is 27.8 Å². The van der Waals surface area contributed by atoms with Crippen LogP contribution in [0.25, 0.3) is 10.9 Å². The first-order chi connectivity index (χ1) is 14.6. The molecule has 162 valence electrons. The van der Waals surface area contributed by atoms with Crippen LogP contribution in [0.3, 0.4) is 0 Å². The largest absolute Gasteiger partial charge is 0.506 e. The van der Waals surface area contributed by atoms with Crippen LogP contribution < -0.4 is 5.56 Å². The number of aromatic hydroxyl groups is 1. The number of carbonyl (C=O) groups excluding carboxylic acids is 1. The lowest BCUT2D eigenvalue weighted by molar-refractivity contribution is -0.137. The number of thioether (sulfide) groups is 1. The lowest BCUT2D eigenvalue weighted by Crippen LogP contribution is -2.34. The molecule has 3 aromatic rings. The molecule has 4 rings (SSSR count). The van der Waals surface area contributed by atoms with Gasteiger partial charge in [-0.1, -0.05) is 28.1 Å². The second kappa shape index (κ2) is 7.90. The van der Waals surface area contributed by atoms with Gasteiger partial charge in [-0.05, 0) is 36.8 Å². The summed E-state index contributed by atoms with van der Waals surface area (Å²) in [6, 6.07) is 7.32. The first kappa shape index (κ1) is 21.8. The standard InChI is InChI=1S/C21H15BrF3NO4S/c1-2-30-20(29)16-18(27)13-7-12(22)8-15-17(13)26(19(16)28)14(9-31-15)10-3-5-11(6-4-10)21(23,24)25/h3-8,14,27H,2,9H2,1H3. The average Bonchev–Trinajstić information content (AvgIpc) is 2.71. The van der Waals surface area contributed by atoms with Crippen molar-refractivity contribution >= 4 is 44.6 Å². The van der Waals surface area contributed by atoms with Crippen molar-refractivity contribution in [3.8, 4) is 5.75 Å². The van der Waals surface area contributed by atoms with Crippen LogP contribution in [0.5, 0.6) is 5.75 Å².